The molecule has 0 unspecified atom stereocenters. The molecule has 25 heavy (non-hydrogen) atoms. The molecule has 10 heteroatoms. The third kappa shape index (κ3) is 4.40. The molecule has 3 rings (SSSR count). The first-order chi connectivity index (χ1) is 12.0. The lowest BCUT2D eigenvalue weighted by Gasteiger charge is -1.99. The maximum absolute atomic E-state index is 11.9. The van der Waals surface area contributed by atoms with Crippen LogP contribution in [0, 0.1) is 0 Å². The lowest BCUT2D eigenvalue weighted by Crippen LogP contribution is -2.08. The molecular formula is C15H11ClN4O4S. The number of thiazole rings is 1. The van der Waals surface area contributed by atoms with Crippen LogP contribution in [0.15, 0.2) is 34.1 Å². The van der Waals surface area contributed by atoms with E-state index in [-0.39, 0.29) is 24.1 Å². The minimum absolute atomic E-state index is 0.0891. The fraction of sp³-hybridized carbons (Fsp3) is 0.133. The van der Waals surface area contributed by atoms with Crippen molar-refractivity contribution in [2.75, 3.05) is 5.32 Å². The molecule has 1 N–H and O–H groups in total. The zero-order valence-electron chi connectivity index (χ0n) is 12.9. The van der Waals surface area contributed by atoms with Crippen LogP contribution in [0.3, 0.4) is 0 Å². The van der Waals surface area contributed by atoms with Gasteiger partial charge in [-0.1, -0.05) is 11.6 Å². The van der Waals surface area contributed by atoms with Crippen molar-refractivity contribution in [3.63, 3.8) is 0 Å². The van der Waals surface area contributed by atoms with E-state index in [1.54, 1.807) is 24.3 Å². The first-order valence-electron chi connectivity index (χ1n) is 7.00. The number of carbonyl (C=O) groups is 2. The summed E-state index contributed by atoms with van der Waals surface area (Å²) in [5.74, 6) is -0.478. The van der Waals surface area contributed by atoms with Crippen molar-refractivity contribution in [3.05, 3.63) is 46.3 Å². The highest BCUT2D eigenvalue weighted by Gasteiger charge is 2.15. The molecule has 3 aromatic rings. The summed E-state index contributed by atoms with van der Waals surface area (Å²) in [5.41, 5.74) is 0.792. The Morgan fingerprint density at radius 1 is 1.28 bits per heavy atom. The Morgan fingerprint density at radius 2 is 2.04 bits per heavy atom. The van der Waals surface area contributed by atoms with Gasteiger partial charge in [-0.3, -0.25) is 4.79 Å². The quantitative estimate of drug-likeness (QED) is 0.679. The smallest absolute Gasteiger partial charge is 0.358 e. The van der Waals surface area contributed by atoms with Crippen LogP contribution < -0.4 is 5.32 Å². The maximum Gasteiger partial charge on any atom is 0.358 e. The molecule has 0 bridgehead atoms. The van der Waals surface area contributed by atoms with Crippen molar-refractivity contribution in [2.45, 2.75) is 13.5 Å². The number of carbonyl (C=O) groups excluding carboxylic acids is 2. The standard InChI is InChI=1S/C15H11ClN4O4S/c1-8(21)17-15-18-11(7-25-15)14(22)23-6-12-19-20-13(24-12)9-2-4-10(16)5-3-9/h2-5,7H,6H2,1H3,(H,17,18,21). The molecule has 0 fully saturated rings. The van der Waals surface area contributed by atoms with Crippen molar-refractivity contribution in [1.82, 2.24) is 15.2 Å². The molecule has 0 radical (unpaired) electrons. The molecule has 1 aromatic carbocycles. The Kier molecular flexibility index (Phi) is 5.05. The molecule has 0 spiro atoms. The van der Waals surface area contributed by atoms with Crippen molar-refractivity contribution in [1.29, 1.82) is 0 Å². The fourth-order valence-corrected chi connectivity index (χ4v) is 2.65. The first kappa shape index (κ1) is 17.1. The molecule has 8 nitrogen and oxygen atoms in total. The van der Waals surface area contributed by atoms with Crippen LogP contribution in [-0.2, 0) is 16.1 Å². The van der Waals surface area contributed by atoms with E-state index in [1.807, 2.05) is 0 Å². The van der Waals surface area contributed by atoms with Gasteiger partial charge in [0, 0.05) is 22.9 Å². The van der Waals surface area contributed by atoms with E-state index in [1.165, 1.54) is 12.3 Å². The van der Waals surface area contributed by atoms with E-state index in [0.29, 0.717) is 21.6 Å². The molecule has 0 saturated carbocycles. The second-order valence-corrected chi connectivity index (χ2v) is 6.10. The van der Waals surface area contributed by atoms with Crippen molar-refractivity contribution in [2.24, 2.45) is 0 Å². The van der Waals surface area contributed by atoms with Gasteiger partial charge in [0.25, 0.3) is 5.89 Å². The number of hydrogen-bond donors (Lipinski definition) is 1. The molecule has 0 atom stereocenters. The summed E-state index contributed by atoms with van der Waals surface area (Å²) in [5, 5.41) is 12.6. The number of nitrogens with one attached hydrogen (secondary N) is 1. The van der Waals surface area contributed by atoms with Crippen LogP contribution in [0.25, 0.3) is 11.5 Å². The van der Waals surface area contributed by atoms with Gasteiger partial charge in [0.05, 0.1) is 0 Å². The van der Waals surface area contributed by atoms with E-state index < -0.39 is 5.97 Å². The van der Waals surface area contributed by atoms with Crippen molar-refractivity contribution < 1.29 is 18.7 Å². The van der Waals surface area contributed by atoms with Gasteiger partial charge >= 0.3 is 5.97 Å². The summed E-state index contributed by atoms with van der Waals surface area (Å²) in [4.78, 5) is 26.8. The predicted octanol–water partition coefficient (Wildman–Crippen LogP) is 3.16. The van der Waals surface area contributed by atoms with E-state index >= 15 is 0 Å². The third-order valence-corrected chi connectivity index (χ3v) is 3.89. The van der Waals surface area contributed by atoms with Crippen molar-refractivity contribution >= 4 is 39.9 Å². The molecular weight excluding hydrogens is 368 g/mol. The van der Waals surface area contributed by atoms with Crippen LogP contribution in [0.1, 0.15) is 23.3 Å². The number of rotatable bonds is 5. The molecule has 1 amide bonds. The molecule has 0 aliphatic carbocycles. The second-order valence-electron chi connectivity index (χ2n) is 4.80. The predicted molar refractivity (Wildman–Crippen MR) is 90.3 cm³/mol. The van der Waals surface area contributed by atoms with Gasteiger partial charge in [-0.2, -0.15) is 0 Å². The molecule has 0 aliphatic rings. The monoisotopic (exact) mass is 378 g/mol. The molecule has 0 saturated heterocycles. The molecule has 2 heterocycles. The SMILES string of the molecule is CC(=O)Nc1nc(C(=O)OCc2nnc(-c3ccc(Cl)cc3)o2)cs1. The van der Waals surface area contributed by atoms with E-state index in [4.69, 9.17) is 20.8 Å². The number of ether oxygens (including phenoxy) is 1. The van der Waals surface area contributed by atoms with E-state index in [2.05, 4.69) is 20.5 Å². The summed E-state index contributed by atoms with van der Waals surface area (Å²) in [6, 6.07) is 6.89. The molecule has 128 valence electrons. The molecule has 2 aromatic heterocycles. The van der Waals surface area contributed by atoms with Crippen LogP contribution >= 0.6 is 22.9 Å². The topological polar surface area (TPSA) is 107 Å². The second kappa shape index (κ2) is 7.41. The summed E-state index contributed by atoms with van der Waals surface area (Å²) < 4.78 is 10.5. The highest BCUT2D eigenvalue weighted by atomic mass is 35.5. The number of aromatic nitrogens is 3. The van der Waals surface area contributed by atoms with Gasteiger partial charge in [0.1, 0.15) is 0 Å². The zero-order chi connectivity index (χ0) is 17.8. The first-order valence-corrected chi connectivity index (χ1v) is 8.25. The lowest BCUT2D eigenvalue weighted by molar-refractivity contribution is -0.114. The van der Waals surface area contributed by atoms with Crippen LogP contribution in [0.4, 0.5) is 5.13 Å². The highest BCUT2D eigenvalue weighted by molar-refractivity contribution is 7.14. The summed E-state index contributed by atoms with van der Waals surface area (Å²) in [7, 11) is 0. The maximum atomic E-state index is 11.9. The Hall–Kier alpha value is -2.78. The summed E-state index contributed by atoms with van der Waals surface area (Å²) in [6.07, 6.45) is 0. The highest BCUT2D eigenvalue weighted by Crippen LogP contribution is 2.21. The third-order valence-electron chi connectivity index (χ3n) is 2.88. The average Bonchev–Trinajstić information content (AvgIpc) is 3.22. The van der Waals surface area contributed by atoms with Gasteiger partial charge in [0.15, 0.2) is 17.4 Å². The van der Waals surface area contributed by atoms with Gasteiger partial charge in [-0.15, -0.1) is 21.5 Å². The van der Waals surface area contributed by atoms with E-state index in [9.17, 15) is 9.59 Å². The molecule has 0 aliphatic heterocycles. The summed E-state index contributed by atoms with van der Waals surface area (Å²) >= 11 is 6.95. The van der Waals surface area contributed by atoms with Crippen molar-refractivity contribution in [3.8, 4) is 11.5 Å². The number of benzene rings is 1. The Labute approximate surface area is 150 Å². The van der Waals surface area contributed by atoms with Crippen LogP contribution in [0.5, 0.6) is 0 Å². The number of nitrogens with zero attached hydrogens (tertiary/aromatic N) is 3. The number of esters is 1. The number of hydrogen-bond acceptors (Lipinski definition) is 8. The van der Waals surface area contributed by atoms with Gasteiger partial charge in [-0.05, 0) is 24.3 Å². The van der Waals surface area contributed by atoms with Gasteiger partial charge in [0.2, 0.25) is 11.8 Å². The van der Waals surface area contributed by atoms with Gasteiger partial charge < -0.3 is 14.5 Å². The van der Waals surface area contributed by atoms with Crippen LogP contribution in [-0.4, -0.2) is 27.1 Å². The Morgan fingerprint density at radius 3 is 2.76 bits per heavy atom. The Bertz CT molecular complexity index is 906. The minimum atomic E-state index is -0.654. The fourth-order valence-electron chi connectivity index (χ4n) is 1.80. The summed E-state index contributed by atoms with van der Waals surface area (Å²) in [6.45, 7) is 1.17. The largest absolute Gasteiger partial charge is 0.451 e. The number of anilines is 1. The minimum Gasteiger partial charge on any atom is -0.451 e. The van der Waals surface area contributed by atoms with Crippen LogP contribution in [0.2, 0.25) is 5.02 Å². The zero-order valence-corrected chi connectivity index (χ0v) is 14.4. The average molecular weight is 379 g/mol. The van der Waals surface area contributed by atoms with Gasteiger partial charge in [-0.25, -0.2) is 9.78 Å². The van der Waals surface area contributed by atoms with E-state index in [0.717, 1.165) is 11.3 Å². The lowest BCUT2D eigenvalue weighted by atomic mass is 10.2. The normalized spacial score (nSPS) is 10.5. The Balaban J connectivity index is 1.60. The number of halogens is 1. The number of amides is 1.